The van der Waals surface area contributed by atoms with Crippen LogP contribution in [-0.2, 0) is 21.0 Å². The molecule has 2 N–H and O–H groups in total. The zero-order valence-electron chi connectivity index (χ0n) is 17.9. The number of hydrogen-bond acceptors (Lipinski definition) is 6. The van der Waals surface area contributed by atoms with Crippen LogP contribution < -0.4 is 5.32 Å². The van der Waals surface area contributed by atoms with E-state index >= 15 is 0 Å². The van der Waals surface area contributed by atoms with Gasteiger partial charge in [0.15, 0.2) is 15.7 Å². The summed E-state index contributed by atoms with van der Waals surface area (Å²) in [6.07, 6.45) is 3.35. The Bertz CT molecular complexity index is 1190. The number of benzene rings is 1. The molecule has 0 radical (unpaired) electrons. The maximum atomic E-state index is 13.7. The van der Waals surface area contributed by atoms with Crippen molar-refractivity contribution in [3.8, 4) is 0 Å². The molecule has 0 saturated carbocycles. The molecule has 0 bridgehead atoms. The highest BCUT2D eigenvalue weighted by atomic mass is 32.2. The molecule has 30 heavy (non-hydrogen) atoms. The largest absolute Gasteiger partial charge is 0.381 e. The van der Waals surface area contributed by atoms with Gasteiger partial charge in [-0.05, 0) is 63.8 Å². The van der Waals surface area contributed by atoms with Gasteiger partial charge in [0.05, 0.1) is 20.8 Å². The van der Waals surface area contributed by atoms with E-state index in [0.29, 0.717) is 37.4 Å². The fourth-order valence-electron chi connectivity index (χ4n) is 3.92. The Balaban J connectivity index is 1.87. The van der Waals surface area contributed by atoms with Crippen LogP contribution in [0.25, 0.3) is 10.9 Å². The van der Waals surface area contributed by atoms with E-state index in [1.54, 1.807) is 12.3 Å². The second kappa shape index (κ2) is 7.67. The van der Waals surface area contributed by atoms with Gasteiger partial charge < -0.3 is 10.1 Å². The lowest BCUT2D eigenvalue weighted by atomic mass is 10.0. The second-order valence-electron chi connectivity index (χ2n) is 8.20. The highest BCUT2D eigenvalue weighted by Gasteiger charge is 2.42. The second-order valence-corrected chi connectivity index (χ2v) is 10.6. The lowest BCUT2D eigenvalue weighted by Crippen LogP contribution is -2.41. The maximum Gasteiger partial charge on any atom is 0.184 e. The molecule has 2 aromatic heterocycles. The molecule has 0 unspecified atom stereocenters. The van der Waals surface area contributed by atoms with Crippen LogP contribution in [0.2, 0.25) is 0 Å². The van der Waals surface area contributed by atoms with E-state index in [2.05, 4.69) is 20.5 Å². The van der Waals surface area contributed by atoms with Gasteiger partial charge in [0.2, 0.25) is 0 Å². The van der Waals surface area contributed by atoms with E-state index in [9.17, 15) is 8.42 Å². The molecule has 160 valence electrons. The summed E-state index contributed by atoms with van der Waals surface area (Å²) in [7, 11) is -3.55. The first-order chi connectivity index (χ1) is 14.3. The summed E-state index contributed by atoms with van der Waals surface area (Å²) in [5.74, 6) is 0.723. The monoisotopic (exact) mass is 428 g/mol. The van der Waals surface area contributed by atoms with Crippen LogP contribution in [0.1, 0.15) is 43.5 Å². The number of aromatic amines is 1. The number of sulfone groups is 1. The number of rotatable bonds is 5. The summed E-state index contributed by atoms with van der Waals surface area (Å²) in [6, 6.07) is 5.54. The Morgan fingerprint density at radius 1 is 1.23 bits per heavy atom. The van der Waals surface area contributed by atoms with Crippen molar-refractivity contribution in [3.05, 3.63) is 41.2 Å². The smallest absolute Gasteiger partial charge is 0.184 e. The molecule has 4 rings (SSSR count). The molecule has 0 amide bonds. The first-order valence-corrected chi connectivity index (χ1v) is 11.8. The van der Waals surface area contributed by atoms with Crippen molar-refractivity contribution in [2.45, 2.75) is 56.6 Å². The van der Waals surface area contributed by atoms with E-state index in [0.717, 1.165) is 39.2 Å². The topological polar surface area (TPSA) is 97.0 Å². The summed E-state index contributed by atoms with van der Waals surface area (Å²) < 4.78 is 32.1. The quantitative estimate of drug-likeness (QED) is 0.631. The molecule has 3 heterocycles. The number of fused-ring (bicyclic) bond motifs is 1. The lowest BCUT2D eigenvalue weighted by Gasteiger charge is -2.33. The van der Waals surface area contributed by atoms with Crippen LogP contribution >= 0.6 is 0 Å². The highest BCUT2D eigenvalue weighted by Crippen LogP contribution is 2.38. The fourth-order valence-corrected chi connectivity index (χ4v) is 5.98. The van der Waals surface area contributed by atoms with Crippen molar-refractivity contribution < 1.29 is 13.2 Å². The third-order valence-corrected chi connectivity index (χ3v) is 8.96. The molecule has 0 spiro atoms. The Labute approximate surface area is 177 Å². The van der Waals surface area contributed by atoms with E-state index in [-0.39, 0.29) is 0 Å². The van der Waals surface area contributed by atoms with Gasteiger partial charge in [0.1, 0.15) is 0 Å². The molecule has 1 aliphatic rings. The van der Waals surface area contributed by atoms with Gasteiger partial charge in [-0.2, -0.15) is 5.10 Å². The number of hydrogen-bond donors (Lipinski definition) is 2. The number of nitrogens with one attached hydrogen (secondary N) is 2. The van der Waals surface area contributed by atoms with Crippen LogP contribution in [0.15, 0.2) is 29.3 Å². The molecule has 7 nitrogen and oxygen atoms in total. The van der Waals surface area contributed by atoms with Gasteiger partial charge in [0, 0.05) is 36.1 Å². The molecule has 0 atom stereocenters. The summed E-state index contributed by atoms with van der Waals surface area (Å²) in [5, 5.41) is 11.4. The molecular weight excluding hydrogens is 400 g/mol. The predicted molar refractivity (Wildman–Crippen MR) is 118 cm³/mol. The highest BCUT2D eigenvalue weighted by molar-refractivity contribution is 7.92. The molecule has 8 heteroatoms. The van der Waals surface area contributed by atoms with Crippen LogP contribution in [-0.4, -0.2) is 41.6 Å². The SMILES string of the molecule is CCc1cc2nccc(Nc3n[nH]c(C)c3C)c2cc1S(=O)(=O)C1(C)CCOCC1. The van der Waals surface area contributed by atoms with Gasteiger partial charge in [-0.1, -0.05) is 6.92 Å². The van der Waals surface area contributed by atoms with Gasteiger partial charge >= 0.3 is 0 Å². The standard InChI is InChI=1S/C22H28N4O3S/c1-5-16-12-19-17(13-20(16)30(27,28)22(4)7-10-29-11-8-22)18(6-9-23-19)24-21-14(2)15(3)25-26-21/h6,9,12-13H,5,7-8,10-11H2,1-4H3,(H2,23,24,25,26). The molecule has 1 aliphatic heterocycles. The summed E-state index contributed by atoms with van der Waals surface area (Å²) in [4.78, 5) is 4.89. The van der Waals surface area contributed by atoms with Crippen molar-refractivity contribution >= 4 is 32.2 Å². The molecule has 1 fully saturated rings. The summed E-state index contributed by atoms with van der Waals surface area (Å²) in [5.41, 5.74) is 4.35. The first-order valence-electron chi connectivity index (χ1n) is 10.3. The summed E-state index contributed by atoms with van der Waals surface area (Å²) in [6.45, 7) is 8.71. The first kappa shape index (κ1) is 20.8. The number of nitrogens with zero attached hydrogens (tertiary/aromatic N) is 2. The van der Waals surface area contributed by atoms with E-state index in [4.69, 9.17) is 4.74 Å². The minimum absolute atomic E-state index is 0.396. The number of H-pyrrole nitrogens is 1. The van der Waals surface area contributed by atoms with Crippen LogP contribution in [0, 0.1) is 13.8 Å². The third-order valence-electron chi connectivity index (χ3n) is 6.30. The lowest BCUT2D eigenvalue weighted by molar-refractivity contribution is 0.0789. The van der Waals surface area contributed by atoms with Gasteiger partial charge in [-0.25, -0.2) is 8.42 Å². The van der Waals surface area contributed by atoms with E-state index in [1.807, 2.05) is 39.8 Å². The van der Waals surface area contributed by atoms with Crippen molar-refractivity contribution in [1.82, 2.24) is 15.2 Å². The fraction of sp³-hybridized carbons (Fsp3) is 0.455. The summed E-state index contributed by atoms with van der Waals surface area (Å²) >= 11 is 0. The van der Waals surface area contributed by atoms with Crippen LogP contribution in [0.4, 0.5) is 11.5 Å². The normalized spacial score (nSPS) is 16.7. The maximum absolute atomic E-state index is 13.7. The van der Waals surface area contributed by atoms with Gasteiger partial charge in [-0.3, -0.25) is 10.1 Å². The Kier molecular flexibility index (Phi) is 5.32. The number of anilines is 2. The zero-order chi connectivity index (χ0) is 21.5. The average molecular weight is 429 g/mol. The average Bonchev–Trinajstić information content (AvgIpc) is 3.05. The van der Waals surface area contributed by atoms with Crippen molar-refractivity contribution in [1.29, 1.82) is 0 Å². The van der Waals surface area contributed by atoms with Crippen LogP contribution in [0.5, 0.6) is 0 Å². The van der Waals surface area contributed by atoms with Crippen molar-refractivity contribution in [2.75, 3.05) is 18.5 Å². The Hall–Kier alpha value is -2.45. The molecule has 1 aromatic carbocycles. The van der Waals surface area contributed by atoms with Gasteiger partial charge in [0.25, 0.3) is 0 Å². The number of aromatic nitrogens is 3. The predicted octanol–water partition coefficient (Wildman–Crippen LogP) is 4.22. The molecule has 3 aromatic rings. The molecule has 1 saturated heterocycles. The van der Waals surface area contributed by atoms with E-state index < -0.39 is 14.6 Å². The van der Waals surface area contributed by atoms with Crippen molar-refractivity contribution in [2.24, 2.45) is 0 Å². The minimum Gasteiger partial charge on any atom is -0.381 e. The van der Waals surface area contributed by atoms with Crippen LogP contribution in [0.3, 0.4) is 0 Å². The zero-order valence-corrected chi connectivity index (χ0v) is 18.7. The number of pyridine rings is 1. The Morgan fingerprint density at radius 2 is 1.97 bits per heavy atom. The molecule has 0 aliphatic carbocycles. The third kappa shape index (κ3) is 3.37. The number of ether oxygens (including phenoxy) is 1. The number of aryl methyl sites for hydroxylation is 2. The Morgan fingerprint density at radius 3 is 2.60 bits per heavy atom. The minimum atomic E-state index is -3.55. The molecular formula is C22H28N4O3S. The van der Waals surface area contributed by atoms with E-state index in [1.165, 1.54) is 0 Å². The van der Waals surface area contributed by atoms with Crippen molar-refractivity contribution in [3.63, 3.8) is 0 Å². The van der Waals surface area contributed by atoms with Gasteiger partial charge in [-0.15, -0.1) is 0 Å².